The second kappa shape index (κ2) is 8.29. The predicted molar refractivity (Wildman–Crippen MR) is 96.3 cm³/mol. The van der Waals surface area contributed by atoms with Crippen molar-refractivity contribution < 1.29 is 31.5 Å². The highest BCUT2D eigenvalue weighted by molar-refractivity contribution is 5.79. The summed E-state index contributed by atoms with van der Waals surface area (Å²) in [6, 6.07) is 2.34. The molecule has 0 saturated heterocycles. The Bertz CT molecular complexity index is 1220. The minimum absolute atomic E-state index is 0.229. The number of esters is 1. The number of aromatic nitrogens is 5. The van der Waals surface area contributed by atoms with Gasteiger partial charge >= 0.3 is 17.8 Å². The number of carbonyl (C=O) groups is 1. The van der Waals surface area contributed by atoms with Gasteiger partial charge in [-0.25, -0.2) is 18.7 Å². The summed E-state index contributed by atoms with van der Waals surface area (Å²) in [6.45, 7) is 1.05. The van der Waals surface area contributed by atoms with Crippen molar-refractivity contribution in [2.45, 2.75) is 26.2 Å². The summed E-state index contributed by atoms with van der Waals surface area (Å²) in [5.74, 6) is -3.35. The molecular weight excluding hydrogens is 431 g/mol. The Balaban J connectivity index is 2.19. The number of ether oxygens (including phenoxy) is 1. The van der Waals surface area contributed by atoms with Crippen LogP contribution in [0.3, 0.4) is 0 Å². The summed E-state index contributed by atoms with van der Waals surface area (Å²) in [5, 5.41) is 7.92. The van der Waals surface area contributed by atoms with E-state index in [0.717, 1.165) is 6.07 Å². The summed E-state index contributed by atoms with van der Waals surface area (Å²) in [7, 11) is 0. The molecule has 0 spiro atoms. The average molecular weight is 446 g/mol. The van der Waals surface area contributed by atoms with Crippen LogP contribution in [0.2, 0.25) is 0 Å². The fourth-order valence-corrected chi connectivity index (χ4v) is 2.67. The van der Waals surface area contributed by atoms with Crippen LogP contribution in [0, 0.1) is 0 Å². The number of rotatable bonds is 6. The third kappa shape index (κ3) is 4.47. The Morgan fingerprint density at radius 1 is 1.23 bits per heavy atom. The Labute approximate surface area is 170 Å². The van der Waals surface area contributed by atoms with Crippen molar-refractivity contribution in [3.05, 3.63) is 46.7 Å². The first kappa shape index (κ1) is 22.1. The molecule has 0 aromatic carbocycles. The van der Waals surface area contributed by atoms with Gasteiger partial charge in [0.05, 0.1) is 12.7 Å². The molecule has 9 nitrogen and oxygen atoms in total. The molecule has 0 bridgehead atoms. The molecule has 3 aromatic rings. The van der Waals surface area contributed by atoms with E-state index in [4.69, 9.17) is 5.73 Å². The fraction of sp³-hybridized carbons (Fsp3) is 0.294. The highest BCUT2D eigenvalue weighted by atomic mass is 19.4. The van der Waals surface area contributed by atoms with Gasteiger partial charge in [-0.1, -0.05) is 0 Å². The molecule has 0 unspecified atom stereocenters. The molecule has 3 heterocycles. The van der Waals surface area contributed by atoms with Gasteiger partial charge in [0.1, 0.15) is 0 Å². The third-order valence-electron chi connectivity index (χ3n) is 4.22. The lowest BCUT2D eigenvalue weighted by Crippen LogP contribution is -2.30. The van der Waals surface area contributed by atoms with Crippen LogP contribution in [0.1, 0.15) is 6.92 Å². The van der Waals surface area contributed by atoms with E-state index in [1.165, 1.54) is 16.9 Å². The molecule has 0 fully saturated rings. The molecule has 2 N–H and O–H groups in total. The average Bonchev–Trinajstić information content (AvgIpc) is 3.30. The molecule has 166 valence electrons. The van der Waals surface area contributed by atoms with Crippen LogP contribution in [0.4, 0.5) is 22.0 Å². The molecule has 0 atom stereocenters. The Kier molecular flexibility index (Phi) is 5.92. The maximum absolute atomic E-state index is 12.9. The Hall–Kier alpha value is -3.55. The van der Waals surface area contributed by atoms with E-state index in [1.54, 1.807) is 6.20 Å². The topological polar surface area (TPSA) is 109 Å². The molecule has 0 radical (unpaired) electrons. The van der Waals surface area contributed by atoms with Gasteiger partial charge < -0.3 is 10.5 Å². The summed E-state index contributed by atoms with van der Waals surface area (Å²) in [5.41, 5.74) is 3.99. The summed E-state index contributed by atoms with van der Waals surface area (Å²) in [6.07, 6.45) is -4.46. The van der Waals surface area contributed by atoms with Gasteiger partial charge in [0.2, 0.25) is 5.88 Å². The molecule has 0 saturated carbocycles. The largest absolute Gasteiger partial charge is 0.491 e. The van der Waals surface area contributed by atoms with Crippen molar-refractivity contribution >= 4 is 11.6 Å². The van der Waals surface area contributed by atoms with E-state index >= 15 is 0 Å². The van der Waals surface area contributed by atoms with Gasteiger partial charge in [-0.2, -0.15) is 27.1 Å². The SMILES string of the molecule is CCn1cc(-c2cc(OC(=O)C(F)(F)F)n3c(=O)n(CC(CN)=C(F)F)nc3c2)cn1. The lowest BCUT2D eigenvalue weighted by atomic mass is 10.1. The van der Waals surface area contributed by atoms with Gasteiger partial charge in [-0.3, -0.25) is 4.68 Å². The number of nitrogens with two attached hydrogens (primary N) is 1. The van der Waals surface area contributed by atoms with Crippen LogP contribution in [-0.4, -0.2) is 42.7 Å². The van der Waals surface area contributed by atoms with Crippen molar-refractivity contribution in [2.75, 3.05) is 6.54 Å². The summed E-state index contributed by atoms with van der Waals surface area (Å²) >= 11 is 0. The number of fused-ring (bicyclic) bond motifs is 1. The maximum atomic E-state index is 12.9. The van der Waals surface area contributed by atoms with Crippen LogP contribution in [0.5, 0.6) is 5.88 Å². The highest BCUT2D eigenvalue weighted by Gasteiger charge is 2.42. The molecule has 14 heteroatoms. The van der Waals surface area contributed by atoms with Crippen LogP contribution >= 0.6 is 0 Å². The fourth-order valence-electron chi connectivity index (χ4n) is 2.67. The minimum atomic E-state index is -5.33. The lowest BCUT2D eigenvalue weighted by molar-refractivity contribution is -0.190. The zero-order valence-electron chi connectivity index (χ0n) is 15.9. The first-order valence-corrected chi connectivity index (χ1v) is 8.73. The third-order valence-corrected chi connectivity index (χ3v) is 4.22. The van der Waals surface area contributed by atoms with Crippen LogP contribution < -0.4 is 16.2 Å². The number of alkyl halides is 3. The van der Waals surface area contributed by atoms with Crippen molar-refractivity contribution in [3.63, 3.8) is 0 Å². The quantitative estimate of drug-likeness (QED) is 0.458. The maximum Gasteiger partial charge on any atom is 0.491 e. The van der Waals surface area contributed by atoms with Crippen LogP contribution in [0.25, 0.3) is 16.8 Å². The van der Waals surface area contributed by atoms with Crippen molar-refractivity contribution in [1.29, 1.82) is 0 Å². The Morgan fingerprint density at radius 2 is 1.94 bits per heavy atom. The molecule has 0 aliphatic rings. The standard InChI is InChI=1S/C17H15F5N6O3/c1-2-26-7-11(6-24-26)9-3-12-25-27(8-10(5-23)14(18)19)16(30)28(12)13(4-9)31-15(29)17(20,21)22/h3-4,6-7H,2,5,8,23H2,1H3. The minimum Gasteiger partial charge on any atom is -0.402 e. The molecule has 31 heavy (non-hydrogen) atoms. The normalized spacial score (nSPS) is 11.7. The van der Waals surface area contributed by atoms with Gasteiger partial charge in [0.15, 0.2) is 5.65 Å². The predicted octanol–water partition coefficient (Wildman–Crippen LogP) is 1.96. The van der Waals surface area contributed by atoms with E-state index in [-0.39, 0.29) is 11.2 Å². The molecule has 0 amide bonds. The van der Waals surface area contributed by atoms with E-state index in [0.29, 0.717) is 21.2 Å². The first-order chi connectivity index (χ1) is 14.5. The number of halogens is 5. The van der Waals surface area contributed by atoms with Gasteiger partial charge in [-0.15, -0.1) is 5.10 Å². The zero-order chi connectivity index (χ0) is 22.9. The molecule has 0 aliphatic heterocycles. The number of carbonyl (C=O) groups excluding carboxylic acids is 1. The van der Waals surface area contributed by atoms with Crippen LogP contribution in [0.15, 0.2) is 41.0 Å². The number of pyridine rings is 1. The summed E-state index contributed by atoms with van der Waals surface area (Å²) < 4.78 is 71.1. The monoisotopic (exact) mass is 446 g/mol. The second-order valence-corrected chi connectivity index (χ2v) is 6.26. The zero-order valence-corrected chi connectivity index (χ0v) is 15.9. The van der Waals surface area contributed by atoms with Crippen molar-refractivity contribution in [1.82, 2.24) is 24.0 Å². The smallest absolute Gasteiger partial charge is 0.402 e. The number of aryl methyl sites for hydroxylation is 1. The number of nitrogens with zero attached hydrogens (tertiary/aromatic N) is 5. The molecule has 3 rings (SSSR count). The molecule has 3 aromatic heterocycles. The number of hydrogen-bond acceptors (Lipinski definition) is 6. The van der Waals surface area contributed by atoms with Gasteiger partial charge in [-0.05, 0) is 18.6 Å². The Morgan fingerprint density at radius 3 is 2.48 bits per heavy atom. The lowest BCUT2D eigenvalue weighted by Gasteiger charge is -2.09. The number of hydrogen-bond donors (Lipinski definition) is 1. The van der Waals surface area contributed by atoms with Gasteiger partial charge in [0, 0.05) is 36.5 Å². The van der Waals surface area contributed by atoms with Crippen molar-refractivity contribution in [2.24, 2.45) is 5.73 Å². The van der Waals surface area contributed by atoms with Crippen molar-refractivity contribution in [3.8, 4) is 17.0 Å². The summed E-state index contributed by atoms with van der Waals surface area (Å²) in [4.78, 5) is 24.0. The van der Waals surface area contributed by atoms with E-state index in [2.05, 4.69) is 14.9 Å². The second-order valence-electron chi connectivity index (χ2n) is 6.26. The highest BCUT2D eigenvalue weighted by Crippen LogP contribution is 2.27. The molecular formula is C17H15F5N6O3. The van der Waals surface area contributed by atoms with E-state index in [1.807, 2.05) is 6.92 Å². The molecule has 0 aliphatic carbocycles. The van der Waals surface area contributed by atoms with E-state index in [9.17, 15) is 31.5 Å². The van der Waals surface area contributed by atoms with E-state index < -0.39 is 48.5 Å². The van der Waals surface area contributed by atoms with Crippen LogP contribution in [-0.2, 0) is 17.9 Å². The van der Waals surface area contributed by atoms with Gasteiger partial charge in [0.25, 0.3) is 6.08 Å². The first-order valence-electron chi connectivity index (χ1n) is 8.73.